The minimum Gasteiger partial charge on any atom is -0.367 e. The third-order valence-electron chi connectivity index (χ3n) is 6.39. The van der Waals surface area contributed by atoms with Crippen molar-refractivity contribution in [2.45, 2.75) is 56.6 Å². The van der Waals surface area contributed by atoms with Crippen LogP contribution in [0.5, 0.6) is 0 Å². The SMILES string of the molecule is CC[C@@H](C)Nc1nc(Nc2cc(N3C[C@@H]4C[C@H]3CN4C)cc(S(C)(=O)=O)c2)ncc1C. The Labute approximate surface area is 185 Å². The predicted molar refractivity (Wildman–Crippen MR) is 125 cm³/mol. The fraction of sp³-hybridized carbons (Fsp3) is 0.545. The van der Waals surface area contributed by atoms with Gasteiger partial charge in [-0.25, -0.2) is 13.4 Å². The molecule has 2 bridgehead atoms. The van der Waals surface area contributed by atoms with E-state index in [0.717, 1.165) is 43.0 Å². The number of aromatic nitrogens is 2. The van der Waals surface area contributed by atoms with Crippen LogP contribution in [-0.4, -0.2) is 67.8 Å². The van der Waals surface area contributed by atoms with Crippen molar-refractivity contribution in [2.75, 3.05) is 41.9 Å². The zero-order valence-electron chi connectivity index (χ0n) is 18.9. The highest BCUT2D eigenvalue weighted by Gasteiger charge is 2.41. The van der Waals surface area contributed by atoms with Gasteiger partial charge in [0.15, 0.2) is 9.84 Å². The summed E-state index contributed by atoms with van der Waals surface area (Å²) in [5.41, 5.74) is 2.57. The van der Waals surface area contributed by atoms with Crippen molar-refractivity contribution >= 4 is 33.0 Å². The van der Waals surface area contributed by atoms with Gasteiger partial charge in [0.2, 0.25) is 5.95 Å². The number of hydrogen-bond donors (Lipinski definition) is 2. The predicted octanol–water partition coefficient (Wildman–Crippen LogP) is 3.04. The molecule has 2 saturated heterocycles. The van der Waals surface area contributed by atoms with Crippen LogP contribution in [0.3, 0.4) is 0 Å². The quantitative estimate of drug-likeness (QED) is 0.674. The van der Waals surface area contributed by atoms with E-state index in [0.29, 0.717) is 34.7 Å². The van der Waals surface area contributed by atoms with Crippen molar-refractivity contribution in [3.63, 3.8) is 0 Å². The first-order valence-corrected chi connectivity index (χ1v) is 12.7. The van der Waals surface area contributed by atoms with Crippen molar-refractivity contribution in [3.05, 3.63) is 30.0 Å². The summed E-state index contributed by atoms with van der Waals surface area (Å²) < 4.78 is 24.7. The minimum atomic E-state index is -3.36. The topological polar surface area (TPSA) is 90.5 Å². The molecule has 2 fully saturated rings. The molecule has 8 nitrogen and oxygen atoms in total. The molecule has 2 aromatic rings. The van der Waals surface area contributed by atoms with Crippen LogP contribution in [0.4, 0.5) is 23.1 Å². The Morgan fingerprint density at radius 2 is 2.00 bits per heavy atom. The molecule has 0 saturated carbocycles. The number of likely N-dealkylation sites (tertiary alicyclic amines) is 1. The molecule has 0 unspecified atom stereocenters. The van der Waals surface area contributed by atoms with Crippen LogP contribution in [0, 0.1) is 6.92 Å². The number of aryl methyl sites for hydroxylation is 1. The van der Waals surface area contributed by atoms with Crippen molar-refractivity contribution in [3.8, 4) is 0 Å². The van der Waals surface area contributed by atoms with Crippen molar-refractivity contribution in [1.82, 2.24) is 14.9 Å². The van der Waals surface area contributed by atoms with Crippen LogP contribution in [-0.2, 0) is 9.84 Å². The van der Waals surface area contributed by atoms with E-state index in [-0.39, 0.29) is 0 Å². The van der Waals surface area contributed by atoms with E-state index in [9.17, 15) is 8.42 Å². The Bertz CT molecular complexity index is 1070. The first-order chi connectivity index (χ1) is 14.6. The molecule has 0 aliphatic carbocycles. The number of benzene rings is 1. The Morgan fingerprint density at radius 3 is 2.61 bits per heavy atom. The second kappa shape index (κ2) is 8.27. The normalized spacial score (nSPS) is 22.0. The highest BCUT2D eigenvalue weighted by atomic mass is 32.2. The van der Waals surface area contributed by atoms with E-state index in [1.165, 1.54) is 6.26 Å². The fourth-order valence-electron chi connectivity index (χ4n) is 4.33. The van der Waals surface area contributed by atoms with E-state index in [2.05, 4.69) is 51.3 Å². The summed E-state index contributed by atoms with van der Waals surface area (Å²) in [5.74, 6) is 1.22. The van der Waals surface area contributed by atoms with Crippen LogP contribution in [0.25, 0.3) is 0 Å². The molecule has 3 atom stereocenters. The maximum atomic E-state index is 12.4. The maximum Gasteiger partial charge on any atom is 0.229 e. The molecule has 2 N–H and O–H groups in total. The minimum absolute atomic E-state index is 0.297. The lowest BCUT2D eigenvalue weighted by Crippen LogP contribution is -2.44. The van der Waals surface area contributed by atoms with Crippen molar-refractivity contribution in [1.29, 1.82) is 0 Å². The number of sulfone groups is 1. The molecule has 2 aliphatic rings. The number of hydrogen-bond acceptors (Lipinski definition) is 8. The summed E-state index contributed by atoms with van der Waals surface area (Å²) in [4.78, 5) is 14.0. The van der Waals surface area contributed by atoms with Gasteiger partial charge in [0.05, 0.1) is 4.90 Å². The monoisotopic (exact) mass is 444 g/mol. The smallest absolute Gasteiger partial charge is 0.229 e. The lowest BCUT2D eigenvalue weighted by molar-refractivity contribution is 0.292. The van der Waals surface area contributed by atoms with Gasteiger partial charge in [-0.05, 0) is 51.9 Å². The van der Waals surface area contributed by atoms with Crippen LogP contribution >= 0.6 is 0 Å². The number of piperazine rings is 1. The maximum absolute atomic E-state index is 12.4. The van der Waals surface area contributed by atoms with Crippen molar-refractivity contribution in [2.24, 2.45) is 0 Å². The third-order valence-corrected chi connectivity index (χ3v) is 7.48. The number of rotatable bonds is 7. The standard InChI is InChI=1S/C22H32N6O2S/c1-6-15(3)24-21-14(2)11-23-22(26-21)25-16-7-17(10-20(8-16)31(5,29)30)28-13-18-9-19(28)12-27(18)4/h7-8,10-11,15,18-19H,6,9,12-13H2,1-5H3,(H2,23,24,25,26)/t15-,18+,19+/m1/s1. The summed E-state index contributed by atoms with van der Waals surface area (Å²) in [6.45, 7) is 8.11. The molecular formula is C22H32N6O2S. The average Bonchev–Trinajstić information content (AvgIpc) is 3.29. The second-order valence-corrected chi connectivity index (χ2v) is 10.9. The van der Waals surface area contributed by atoms with Gasteiger partial charge >= 0.3 is 0 Å². The van der Waals surface area contributed by atoms with Crippen molar-refractivity contribution < 1.29 is 8.42 Å². The van der Waals surface area contributed by atoms with E-state index in [1.54, 1.807) is 18.3 Å². The molecule has 0 amide bonds. The molecule has 9 heteroatoms. The largest absolute Gasteiger partial charge is 0.367 e. The van der Waals surface area contributed by atoms with E-state index in [1.807, 2.05) is 13.0 Å². The van der Waals surface area contributed by atoms with Gasteiger partial charge in [0.1, 0.15) is 5.82 Å². The highest BCUT2D eigenvalue weighted by molar-refractivity contribution is 7.90. The van der Waals surface area contributed by atoms with Gasteiger partial charge in [-0.3, -0.25) is 4.90 Å². The summed E-state index contributed by atoms with van der Waals surface area (Å²) in [5, 5.41) is 6.63. The summed E-state index contributed by atoms with van der Waals surface area (Å²) in [7, 11) is -1.20. The number of likely N-dealkylation sites (N-methyl/N-ethyl adjacent to an activating group) is 1. The number of anilines is 4. The van der Waals surface area contributed by atoms with Gasteiger partial charge in [0.25, 0.3) is 0 Å². The zero-order chi connectivity index (χ0) is 22.3. The Kier molecular flexibility index (Phi) is 5.83. The summed E-state index contributed by atoms with van der Waals surface area (Å²) in [6.07, 6.45) is 5.13. The molecule has 168 valence electrons. The first-order valence-electron chi connectivity index (χ1n) is 10.8. The van der Waals surface area contributed by atoms with E-state index >= 15 is 0 Å². The van der Waals surface area contributed by atoms with Gasteiger partial charge in [-0.1, -0.05) is 6.92 Å². The second-order valence-electron chi connectivity index (χ2n) is 8.93. The number of nitrogens with one attached hydrogen (secondary N) is 2. The lowest BCUT2D eigenvalue weighted by atomic mass is 10.2. The average molecular weight is 445 g/mol. The van der Waals surface area contributed by atoms with Gasteiger partial charge < -0.3 is 15.5 Å². The summed E-state index contributed by atoms with van der Waals surface area (Å²) in [6, 6.07) is 6.68. The first kappa shape index (κ1) is 21.8. The van der Waals surface area contributed by atoms with E-state index < -0.39 is 9.84 Å². The fourth-order valence-corrected chi connectivity index (χ4v) is 5.01. The number of fused-ring (bicyclic) bond motifs is 2. The van der Waals surface area contributed by atoms with Gasteiger partial charge in [0, 0.05) is 60.6 Å². The van der Waals surface area contributed by atoms with E-state index in [4.69, 9.17) is 0 Å². The molecule has 0 spiro atoms. The molecule has 31 heavy (non-hydrogen) atoms. The molecule has 2 aliphatic heterocycles. The van der Waals surface area contributed by atoms with Crippen LogP contribution in [0.2, 0.25) is 0 Å². The molecule has 3 heterocycles. The number of nitrogens with zero attached hydrogens (tertiary/aromatic N) is 4. The van der Waals surface area contributed by atoms with Crippen LogP contribution < -0.4 is 15.5 Å². The lowest BCUT2D eigenvalue weighted by Gasteiger charge is -2.34. The molecule has 4 rings (SSSR count). The molecular weight excluding hydrogens is 412 g/mol. The van der Waals surface area contributed by atoms with Crippen LogP contribution in [0.1, 0.15) is 32.3 Å². The molecule has 1 aromatic carbocycles. The Morgan fingerprint density at radius 1 is 1.23 bits per heavy atom. The van der Waals surface area contributed by atoms with Crippen LogP contribution in [0.15, 0.2) is 29.3 Å². The highest BCUT2D eigenvalue weighted by Crippen LogP contribution is 2.36. The third kappa shape index (κ3) is 4.62. The zero-order valence-corrected chi connectivity index (χ0v) is 19.7. The summed E-state index contributed by atoms with van der Waals surface area (Å²) >= 11 is 0. The van der Waals surface area contributed by atoms with Gasteiger partial charge in [-0.15, -0.1) is 0 Å². The molecule has 0 radical (unpaired) electrons. The Balaban J connectivity index is 1.65. The Hall–Kier alpha value is -2.39. The molecule has 1 aromatic heterocycles. The van der Waals surface area contributed by atoms with Gasteiger partial charge in [-0.2, -0.15) is 4.98 Å².